The van der Waals surface area contributed by atoms with Gasteiger partial charge in [-0.05, 0) is 77.0 Å². The Kier molecular flexibility index (Phi) is 7.41. The molecule has 0 aromatic heterocycles. The summed E-state index contributed by atoms with van der Waals surface area (Å²) < 4.78 is 39.9. The lowest BCUT2D eigenvalue weighted by Crippen LogP contribution is -2.02. The molecule has 152 valence electrons. The smallest absolute Gasteiger partial charge is 0.175 e. The van der Waals surface area contributed by atoms with E-state index in [1.54, 1.807) is 42.5 Å². The molecule has 0 N–H and O–H groups in total. The molecule has 6 heteroatoms. The molecule has 3 nitrogen and oxygen atoms in total. The number of allylic oxidation sites excluding steroid dienone is 1. The average molecular weight is 517 g/mol. The minimum atomic E-state index is -0.458. The Labute approximate surface area is 187 Å². The molecule has 0 saturated carbocycles. The van der Waals surface area contributed by atoms with Gasteiger partial charge in [-0.25, -0.2) is 8.78 Å². The fraction of sp³-hybridized carbons (Fsp3) is 0.125. The van der Waals surface area contributed by atoms with Gasteiger partial charge in [0.25, 0.3) is 0 Å². The zero-order valence-corrected chi connectivity index (χ0v) is 18.3. The molecule has 0 aliphatic carbocycles. The molecule has 0 fully saturated rings. The molecule has 0 aliphatic rings. The van der Waals surface area contributed by atoms with Crippen molar-refractivity contribution >= 4 is 34.2 Å². The minimum Gasteiger partial charge on any atom is -0.490 e. The van der Waals surface area contributed by atoms with Crippen LogP contribution in [-0.4, -0.2) is 6.61 Å². The first-order valence-corrected chi connectivity index (χ1v) is 10.3. The van der Waals surface area contributed by atoms with E-state index in [1.165, 1.54) is 18.2 Å². The number of hydrogen-bond acceptors (Lipinski definition) is 3. The van der Waals surface area contributed by atoms with Crippen molar-refractivity contribution in [2.75, 3.05) is 6.61 Å². The maximum Gasteiger partial charge on any atom is 0.175 e. The van der Waals surface area contributed by atoms with Crippen LogP contribution in [0.3, 0.4) is 0 Å². The Hall–Kier alpha value is -2.92. The molecule has 0 saturated heterocycles. The molecular formula is C24H18F2INO2. The van der Waals surface area contributed by atoms with Crippen molar-refractivity contribution in [1.82, 2.24) is 0 Å². The van der Waals surface area contributed by atoms with Crippen LogP contribution >= 0.6 is 22.6 Å². The average Bonchev–Trinajstić information content (AvgIpc) is 2.72. The van der Waals surface area contributed by atoms with Crippen LogP contribution < -0.4 is 9.47 Å². The highest BCUT2D eigenvalue weighted by molar-refractivity contribution is 14.1. The van der Waals surface area contributed by atoms with E-state index in [2.05, 4.69) is 28.7 Å². The third kappa shape index (κ3) is 5.36. The van der Waals surface area contributed by atoms with Crippen molar-refractivity contribution in [2.24, 2.45) is 0 Å². The summed E-state index contributed by atoms with van der Waals surface area (Å²) in [7, 11) is 0. The molecule has 3 rings (SSSR count). The van der Waals surface area contributed by atoms with Gasteiger partial charge in [-0.1, -0.05) is 30.3 Å². The second kappa shape index (κ2) is 10.2. The predicted octanol–water partition coefficient (Wildman–Crippen LogP) is 6.61. The molecule has 3 aromatic rings. The van der Waals surface area contributed by atoms with Gasteiger partial charge < -0.3 is 9.47 Å². The van der Waals surface area contributed by atoms with Crippen LogP contribution in [0.1, 0.15) is 23.6 Å². The normalized spacial score (nSPS) is 11.1. The molecular weight excluding hydrogens is 499 g/mol. The number of nitriles is 1. The van der Waals surface area contributed by atoms with Gasteiger partial charge in [0.15, 0.2) is 11.5 Å². The van der Waals surface area contributed by atoms with Crippen LogP contribution in [0.4, 0.5) is 8.78 Å². The standard InChI is InChI=1S/C24H18F2INO2/c1-2-29-23-13-17(10-18(14-28)20-8-3-4-9-21(20)26)12-22(27)24(23)30-15-16-6-5-7-19(25)11-16/h3-13H,2,15H2,1H3/b18-10-. The number of halogens is 3. The quantitative estimate of drug-likeness (QED) is 0.201. The number of benzene rings is 3. The summed E-state index contributed by atoms with van der Waals surface area (Å²) in [5.74, 6) is 0.245. The molecule has 3 aromatic carbocycles. The van der Waals surface area contributed by atoms with E-state index in [4.69, 9.17) is 9.47 Å². The first-order chi connectivity index (χ1) is 14.5. The van der Waals surface area contributed by atoms with Crippen molar-refractivity contribution in [3.8, 4) is 17.6 Å². The van der Waals surface area contributed by atoms with Crippen molar-refractivity contribution in [1.29, 1.82) is 5.26 Å². The molecule has 0 heterocycles. The van der Waals surface area contributed by atoms with Crippen LogP contribution in [0.15, 0.2) is 60.7 Å². The summed E-state index contributed by atoms with van der Waals surface area (Å²) >= 11 is 2.12. The van der Waals surface area contributed by atoms with E-state index < -0.39 is 5.82 Å². The fourth-order valence-electron chi connectivity index (χ4n) is 2.87. The van der Waals surface area contributed by atoms with Gasteiger partial charge in [-0.2, -0.15) is 5.26 Å². The largest absolute Gasteiger partial charge is 0.490 e. The summed E-state index contributed by atoms with van der Waals surface area (Å²) in [5, 5.41) is 9.52. The highest BCUT2D eigenvalue weighted by Gasteiger charge is 2.14. The zero-order valence-electron chi connectivity index (χ0n) is 16.2. The van der Waals surface area contributed by atoms with Crippen molar-refractivity contribution < 1.29 is 18.3 Å². The van der Waals surface area contributed by atoms with Crippen LogP contribution in [0, 0.1) is 26.5 Å². The van der Waals surface area contributed by atoms with Crippen LogP contribution in [-0.2, 0) is 6.61 Å². The highest BCUT2D eigenvalue weighted by Crippen LogP contribution is 2.36. The maximum atomic E-state index is 14.1. The lowest BCUT2D eigenvalue weighted by atomic mass is 10.0. The van der Waals surface area contributed by atoms with Gasteiger partial charge in [0.1, 0.15) is 18.2 Å². The molecule has 0 atom stereocenters. The molecule has 0 radical (unpaired) electrons. The summed E-state index contributed by atoms with van der Waals surface area (Å²) in [5.41, 5.74) is 1.82. The Morgan fingerprint density at radius 1 is 1.07 bits per heavy atom. The number of ether oxygens (including phenoxy) is 2. The van der Waals surface area contributed by atoms with E-state index in [9.17, 15) is 14.0 Å². The molecule has 0 aliphatic heterocycles. The monoisotopic (exact) mass is 517 g/mol. The number of hydrogen-bond donors (Lipinski definition) is 0. The van der Waals surface area contributed by atoms with Gasteiger partial charge in [0.2, 0.25) is 0 Å². The van der Waals surface area contributed by atoms with Gasteiger partial charge in [0, 0.05) is 5.56 Å². The molecule has 0 amide bonds. The minimum absolute atomic E-state index is 0.182. The summed E-state index contributed by atoms with van der Waals surface area (Å²) in [6.45, 7) is 2.45. The first kappa shape index (κ1) is 21.8. The number of nitrogens with zero attached hydrogens (tertiary/aromatic N) is 1. The first-order valence-electron chi connectivity index (χ1n) is 9.22. The van der Waals surface area contributed by atoms with E-state index in [0.717, 1.165) is 3.57 Å². The molecule has 0 bridgehead atoms. The fourth-order valence-corrected chi connectivity index (χ4v) is 3.65. The number of rotatable bonds is 7. The summed E-state index contributed by atoms with van der Waals surface area (Å²) in [6, 6.07) is 18.0. The Bertz CT molecular complexity index is 1120. The van der Waals surface area contributed by atoms with Crippen LogP contribution in [0.2, 0.25) is 0 Å². The molecule has 0 spiro atoms. The van der Waals surface area contributed by atoms with Gasteiger partial charge in [-0.15, -0.1) is 0 Å². The van der Waals surface area contributed by atoms with E-state index in [-0.39, 0.29) is 23.6 Å². The Morgan fingerprint density at radius 3 is 2.57 bits per heavy atom. The van der Waals surface area contributed by atoms with Gasteiger partial charge >= 0.3 is 0 Å². The van der Waals surface area contributed by atoms with E-state index >= 15 is 0 Å². The SMILES string of the molecule is CCOc1cc(/C=C(/C#N)c2ccccc2F)cc(I)c1OCc1cccc(F)c1. The third-order valence-electron chi connectivity index (χ3n) is 4.20. The van der Waals surface area contributed by atoms with Crippen LogP contribution in [0.5, 0.6) is 11.5 Å². The third-order valence-corrected chi connectivity index (χ3v) is 5.00. The Balaban J connectivity index is 1.94. The maximum absolute atomic E-state index is 14.1. The lowest BCUT2D eigenvalue weighted by Gasteiger charge is -2.15. The van der Waals surface area contributed by atoms with E-state index in [1.807, 2.05) is 13.0 Å². The van der Waals surface area contributed by atoms with Crippen molar-refractivity contribution in [3.63, 3.8) is 0 Å². The lowest BCUT2D eigenvalue weighted by molar-refractivity contribution is 0.267. The van der Waals surface area contributed by atoms with Crippen LogP contribution in [0.25, 0.3) is 11.6 Å². The second-order valence-electron chi connectivity index (χ2n) is 6.33. The molecule has 0 unspecified atom stereocenters. The van der Waals surface area contributed by atoms with Crippen molar-refractivity contribution in [2.45, 2.75) is 13.5 Å². The van der Waals surface area contributed by atoms with Gasteiger partial charge in [0.05, 0.1) is 21.8 Å². The predicted molar refractivity (Wildman–Crippen MR) is 121 cm³/mol. The molecule has 30 heavy (non-hydrogen) atoms. The second-order valence-corrected chi connectivity index (χ2v) is 7.49. The topological polar surface area (TPSA) is 42.2 Å². The Morgan fingerprint density at radius 2 is 1.87 bits per heavy atom. The zero-order chi connectivity index (χ0) is 21.5. The van der Waals surface area contributed by atoms with Gasteiger partial charge in [-0.3, -0.25) is 0 Å². The van der Waals surface area contributed by atoms with E-state index in [0.29, 0.717) is 29.2 Å². The summed E-state index contributed by atoms with van der Waals surface area (Å²) in [4.78, 5) is 0. The van der Waals surface area contributed by atoms with Crippen molar-refractivity contribution in [3.05, 3.63) is 92.6 Å². The highest BCUT2D eigenvalue weighted by atomic mass is 127. The summed E-state index contributed by atoms with van der Waals surface area (Å²) in [6.07, 6.45) is 1.61.